The molecule has 12 aliphatic rings. The molecular formula is C99H132N18O12. The molecule has 0 saturated carbocycles. The summed E-state index contributed by atoms with van der Waals surface area (Å²) in [6, 6.07) is 15.4. The van der Waals surface area contributed by atoms with Gasteiger partial charge in [-0.25, -0.2) is 0 Å². The summed E-state index contributed by atoms with van der Waals surface area (Å²) in [5.41, 5.74) is -0.641. The third-order valence-corrected chi connectivity index (χ3v) is 29.1. The van der Waals surface area contributed by atoms with E-state index in [1.165, 1.54) is 72.3 Å². The van der Waals surface area contributed by atoms with Crippen molar-refractivity contribution in [2.45, 2.75) is 177 Å². The van der Waals surface area contributed by atoms with Crippen LogP contribution in [0, 0.1) is 0 Å². The molecule has 0 atom stereocenters. The maximum Gasteiger partial charge on any atom is 0.263 e. The summed E-state index contributed by atoms with van der Waals surface area (Å²) >= 11 is 0. The van der Waals surface area contributed by atoms with Crippen LogP contribution in [0.3, 0.4) is 0 Å². The molecule has 30 nitrogen and oxygen atoms in total. The Labute approximate surface area is 750 Å². The van der Waals surface area contributed by atoms with Crippen LogP contribution in [-0.2, 0) is 39.3 Å². The summed E-state index contributed by atoms with van der Waals surface area (Å²) in [7, 11) is 0. The van der Waals surface area contributed by atoms with Crippen molar-refractivity contribution in [1.29, 1.82) is 0 Å². The maximum absolute atomic E-state index is 14.3. The lowest BCUT2D eigenvalue weighted by molar-refractivity contribution is 0.217. The van der Waals surface area contributed by atoms with E-state index in [1.807, 2.05) is 0 Å². The monoisotopic (exact) mass is 1770 g/mol. The number of likely N-dealkylation sites (tertiary alicyclic amines) is 6. The Bertz CT molecular complexity index is 6370. The highest BCUT2D eigenvalue weighted by Crippen LogP contribution is 2.41. The molecule has 3 aliphatic carbocycles. The Morgan fingerprint density at radius 1 is 0.248 bits per heavy atom. The van der Waals surface area contributed by atoms with Crippen LogP contribution < -0.4 is 66.1 Å². The number of aromatic hydroxyl groups is 3. The number of hydrogen-bond acceptors (Lipinski definition) is 24. The number of aromatic nitrogens is 6. The first-order valence-corrected chi connectivity index (χ1v) is 48.5. The van der Waals surface area contributed by atoms with Gasteiger partial charge in [0, 0.05) is 163 Å². The van der Waals surface area contributed by atoms with Gasteiger partial charge in [-0.15, -0.1) is 0 Å². The summed E-state index contributed by atoms with van der Waals surface area (Å²) < 4.78 is 8.35. The highest BCUT2D eigenvalue weighted by molar-refractivity contribution is 6.18. The second kappa shape index (κ2) is 41.6. The molecule has 9 aliphatic heterocycles. The van der Waals surface area contributed by atoms with E-state index < -0.39 is 0 Å². The van der Waals surface area contributed by atoms with Crippen LogP contribution in [0.15, 0.2) is 113 Å². The third-order valence-electron chi connectivity index (χ3n) is 29.1. The average Bonchev–Trinajstić information content (AvgIpc) is 1.25. The third kappa shape index (κ3) is 18.9. The zero-order valence-electron chi connectivity index (χ0n) is 76.8. The van der Waals surface area contributed by atoms with Crippen molar-refractivity contribution in [1.82, 2.24) is 71.5 Å². The van der Waals surface area contributed by atoms with Crippen LogP contribution in [0.5, 0.6) is 17.6 Å². The second-order valence-corrected chi connectivity index (χ2v) is 36.4. The van der Waals surface area contributed by atoms with Crippen molar-refractivity contribution in [3.8, 4) is 51.0 Å². The van der Waals surface area contributed by atoms with Crippen molar-refractivity contribution >= 4 is 64.6 Å². The molecule has 0 amide bonds. The largest absolute Gasteiger partial charge is 0.494 e. The van der Waals surface area contributed by atoms with Crippen molar-refractivity contribution < 1.29 is 15.3 Å². The number of likely N-dealkylation sites (N-methyl/N-ethyl adjacent to an activating group) is 3. The topological polar surface area (TPSA) is 310 Å². The van der Waals surface area contributed by atoms with Gasteiger partial charge < -0.3 is 59.4 Å². The fraction of sp³-hybridized carbons (Fsp3) is 0.576. The maximum atomic E-state index is 14.3. The zero-order valence-corrected chi connectivity index (χ0v) is 76.8. The predicted octanol–water partition coefficient (Wildman–Crippen LogP) is 6.56. The van der Waals surface area contributed by atoms with Crippen LogP contribution in [0.4, 0.5) is 0 Å². The highest BCUT2D eigenvalue weighted by Gasteiger charge is 2.33. The molecule has 30 heteroatoms. The fourth-order valence-electron chi connectivity index (χ4n) is 21.4. The fourth-order valence-corrected chi connectivity index (χ4v) is 21.4. The van der Waals surface area contributed by atoms with Gasteiger partial charge >= 0.3 is 0 Å². The summed E-state index contributed by atoms with van der Waals surface area (Å²) in [6.45, 7) is 39.2. The van der Waals surface area contributed by atoms with Gasteiger partial charge in [0.1, 0.15) is 0 Å². The van der Waals surface area contributed by atoms with Crippen LogP contribution in [0.25, 0.3) is 98.0 Å². The Balaban J connectivity index is 0.000000142. The molecule has 129 heavy (non-hydrogen) atoms. The standard InChI is InChI=1S/C35H46N6O4.C32H40N6O4.C32H46N6O4/c42-32-25-10-11-26-30-29(25)27(34(44)40(32)22-20-38-15-6-2-7-16-38)24-28(36-12-19-37-13-4-1-5-14-37)31(30)35(45)41(33(26)43)23-21-39-17-8-3-9-18-39;39-29-22-7-8-23-27-26(22)24(31(41)37(29)19-17-35-12-3-4-13-35)21-25(33-9-16-34-10-1-2-11-34)28(27)32(42)38(30(23)40)20-18-36-14-5-6-15-36;1-7-34(8-2)16-15-33-25-21-24-26-22(29(39)37(31(24)41)19-17-35(9-3)10-4)13-14-23-27(26)28(25)32(42)38(30(23)40)20-18-36(11-5)12-6/h10-11,24,43H,1-9,12-23H2;7-8,21,40H,1-6,9-20H2;13-14,21,40H,7-12,15-20H2,1-6H3. The Hall–Kier alpha value is -10.0. The SMILES string of the molecule is CCN(CC)CCN=c1cc2c(=O)n(CCN(CC)CC)c(=O)c3ccc4c(O)n(CCN(CC)CC)c(=O)c1c4c3-2.O=c1c2c(=NCCN3CCCC3)cc3c(=O)n(CCN4CCCC4)c(=O)c4ccc(c(O)n1CCN1CCCC1)c2c4-3.O=c1c2c(=NCCN3CCCCC3)cc3c(=O)n(CCN4CCCCC4)c(=O)c4ccc(c(O)n1CCN1CCCCC1)c2c4-3. The molecule has 3 N–H and O–H groups in total. The molecule has 3 aromatic carbocycles. The van der Waals surface area contributed by atoms with Gasteiger partial charge in [0.25, 0.3) is 50.0 Å². The lowest BCUT2D eigenvalue weighted by Gasteiger charge is -2.27. The molecule has 690 valence electrons. The van der Waals surface area contributed by atoms with Crippen molar-refractivity contribution in [2.75, 3.05) is 196 Å². The molecule has 6 aromatic rings. The van der Waals surface area contributed by atoms with Gasteiger partial charge in [0.15, 0.2) is 0 Å². The smallest absolute Gasteiger partial charge is 0.263 e. The van der Waals surface area contributed by atoms with E-state index >= 15 is 0 Å². The predicted molar refractivity (Wildman–Crippen MR) is 513 cm³/mol. The molecule has 12 heterocycles. The number of rotatable bonds is 33. The van der Waals surface area contributed by atoms with E-state index in [0.29, 0.717) is 212 Å². The molecule has 6 saturated heterocycles. The van der Waals surface area contributed by atoms with Gasteiger partial charge in [-0.1, -0.05) is 60.8 Å². The number of piperidine rings is 3. The van der Waals surface area contributed by atoms with Gasteiger partial charge in [0.2, 0.25) is 17.6 Å². The normalized spacial score (nSPS) is 17.5. The van der Waals surface area contributed by atoms with E-state index in [9.17, 15) is 58.5 Å². The Kier molecular flexibility index (Phi) is 29.8. The van der Waals surface area contributed by atoms with Crippen LogP contribution in [0.1, 0.15) is 138 Å². The quantitative estimate of drug-likeness (QED) is 0.0367. The van der Waals surface area contributed by atoms with Crippen molar-refractivity contribution in [2.24, 2.45) is 15.0 Å². The Morgan fingerprint density at radius 3 is 0.775 bits per heavy atom. The van der Waals surface area contributed by atoms with Gasteiger partial charge in [0.05, 0.1) is 68.6 Å². The number of pyridine rings is 6. The molecular weight excluding hydrogens is 1630 g/mol. The first-order chi connectivity index (χ1) is 62.8. The first kappa shape index (κ1) is 92.3. The summed E-state index contributed by atoms with van der Waals surface area (Å²) in [4.78, 5) is 161. The van der Waals surface area contributed by atoms with Gasteiger partial charge in [-0.2, -0.15) is 0 Å². The lowest BCUT2D eigenvalue weighted by Crippen LogP contribution is -2.41. The molecule has 0 spiro atoms. The minimum atomic E-state index is -0.389. The van der Waals surface area contributed by atoms with E-state index in [4.69, 9.17) is 15.0 Å². The summed E-state index contributed by atoms with van der Waals surface area (Å²) in [5.74, 6) is -0.379. The number of hydrogen-bond donors (Lipinski definition) is 3. The van der Waals surface area contributed by atoms with E-state index in [2.05, 4.69) is 85.6 Å². The van der Waals surface area contributed by atoms with Crippen LogP contribution in [-0.4, -0.2) is 283 Å². The van der Waals surface area contributed by atoms with Gasteiger partial charge in [-0.3, -0.25) is 85.5 Å². The second-order valence-electron chi connectivity index (χ2n) is 36.4. The molecule has 3 aromatic heterocycles. The summed E-state index contributed by atoms with van der Waals surface area (Å²) in [5, 5.41) is 40.9. The number of benzene rings is 6. The molecule has 0 radical (unpaired) electrons. The van der Waals surface area contributed by atoms with E-state index in [1.54, 1.807) is 54.6 Å². The molecule has 6 fully saturated rings. The van der Waals surface area contributed by atoms with Gasteiger partial charge in [-0.05, 0) is 249 Å². The average molecular weight is 1770 g/mol. The number of nitrogens with zero attached hydrogens (tertiary/aromatic N) is 18. The minimum Gasteiger partial charge on any atom is -0.494 e. The van der Waals surface area contributed by atoms with Crippen molar-refractivity contribution in [3.63, 3.8) is 0 Å². The van der Waals surface area contributed by atoms with E-state index in [-0.39, 0.29) is 74.2 Å². The molecule has 0 bridgehead atoms. The molecule has 18 rings (SSSR count). The Morgan fingerprint density at radius 2 is 0.481 bits per heavy atom. The first-order valence-electron chi connectivity index (χ1n) is 48.5. The molecule has 0 unspecified atom stereocenters. The van der Waals surface area contributed by atoms with Crippen LogP contribution in [0.2, 0.25) is 0 Å². The summed E-state index contributed by atoms with van der Waals surface area (Å²) in [6.07, 6.45) is 17.6. The van der Waals surface area contributed by atoms with Crippen LogP contribution >= 0.6 is 0 Å². The highest BCUT2D eigenvalue weighted by atomic mass is 16.3. The van der Waals surface area contributed by atoms with E-state index in [0.717, 1.165) is 182 Å². The minimum absolute atomic E-state index is 0.111. The van der Waals surface area contributed by atoms with Crippen molar-refractivity contribution in [3.05, 3.63) is 164 Å². The lowest BCUT2D eigenvalue weighted by atomic mass is 9.90. The zero-order chi connectivity index (χ0) is 90.3.